The van der Waals surface area contributed by atoms with Crippen molar-refractivity contribution >= 4 is 62.5 Å². The lowest BCUT2D eigenvalue weighted by Gasteiger charge is -2.14. The second-order valence-corrected chi connectivity index (χ2v) is 7.15. The zero-order valence-corrected chi connectivity index (χ0v) is 16.0. The molecule has 6 nitrogen and oxygen atoms in total. The van der Waals surface area contributed by atoms with Crippen LogP contribution >= 0.6 is 23.7 Å². The van der Waals surface area contributed by atoms with Gasteiger partial charge in [0, 0.05) is 18.4 Å². The van der Waals surface area contributed by atoms with Gasteiger partial charge in [0.25, 0.3) is 5.91 Å². The van der Waals surface area contributed by atoms with E-state index in [-0.39, 0.29) is 43.0 Å². The third-order valence-electron chi connectivity index (χ3n) is 4.18. The molecule has 0 radical (unpaired) electrons. The lowest BCUT2D eigenvalue weighted by Crippen LogP contribution is -2.28. The molecule has 2 heterocycles. The van der Waals surface area contributed by atoms with Crippen LogP contribution in [0.1, 0.15) is 28.8 Å². The van der Waals surface area contributed by atoms with Crippen molar-refractivity contribution in [2.24, 2.45) is 0 Å². The molecule has 1 aliphatic heterocycles. The van der Waals surface area contributed by atoms with Gasteiger partial charge in [0.05, 0.1) is 15.9 Å². The summed E-state index contributed by atoms with van der Waals surface area (Å²) in [6.07, 6.45) is 0.417. The van der Waals surface area contributed by atoms with Crippen molar-refractivity contribution in [1.82, 2.24) is 4.98 Å². The summed E-state index contributed by atoms with van der Waals surface area (Å²) in [5, 5.41) is 3.30. The number of halogens is 1. The van der Waals surface area contributed by atoms with E-state index in [1.165, 1.54) is 11.3 Å². The molecular weight excluding hydrogens is 386 g/mol. The molecule has 0 saturated carbocycles. The van der Waals surface area contributed by atoms with Crippen LogP contribution in [-0.4, -0.2) is 22.7 Å². The predicted molar refractivity (Wildman–Crippen MR) is 108 cm³/mol. The van der Waals surface area contributed by atoms with E-state index in [0.29, 0.717) is 16.4 Å². The maximum absolute atomic E-state index is 12.6. The second-order valence-electron chi connectivity index (χ2n) is 6.12. The van der Waals surface area contributed by atoms with Gasteiger partial charge in [-0.2, -0.15) is 0 Å². The van der Waals surface area contributed by atoms with Crippen LogP contribution in [0.2, 0.25) is 0 Å². The molecule has 0 atom stereocenters. The van der Waals surface area contributed by atoms with Gasteiger partial charge in [0.15, 0.2) is 5.13 Å². The summed E-state index contributed by atoms with van der Waals surface area (Å²) >= 11 is 1.40. The summed E-state index contributed by atoms with van der Waals surface area (Å²) in [4.78, 5) is 41.9. The first-order valence-corrected chi connectivity index (χ1v) is 8.97. The molecule has 0 unspecified atom stereocenters. The Morgan fingerprint density at radius 3 is 2.59 bits per heavy atom. The highest BCUT2D eigenvalue weighted by molar-refractivity contribution is 7.22. The first-order valence-electron chi connectivity index (χ1n) is 8.16. The van der Waals surface area contributed by atoms with Crippen molar-refractivity contribution < 1.29 is 14.4 Å². The van der Waals surface area contributed by atoms with Crippen LogP contribution in [0.15, 0.2) is 42.5 Å². The van der Waals surface area contributed by atoms with E-state index >= 15 is 0 Å². The van der Waals surface area contributed by atoms with Gasteiger partial charge in [0.2, 0.25) is 11.8 Å². The third-order valence-corrected chi connectivity index (χ3v) is 5.12. The summed E-state index contributed by atoms with van der Waals surface area (Å²) in [5.74, 6) is -0.815. The van der Waals surface area contributed by atoms with E-state index in [1.807, 2.05) is 25.1 Å². The number of fused-ring (bicyclic) bond motifs is 1. The molecule has 2 aromatic carbocycles. The van der Waals surface area contributed by atoms with Crippen molar-refractivity contribution in [2.45, 2.75) is 19.8 Å². The predicted octanol–water partition coefficient (Wildman–Crippen LogP) is 3.93. The smallest absolute Gasteiger partial charge is 0.257 e. The number of anilines is 2. The zero-order chi connectivity index (χ0) is 18.3. The highest BCUT2D eigenvalue weighted by Gasteiger charge is 2.30. The second kappa shape index (κ2) is 7.46. The van der Waals surface area contributed by atoms with E-state index < -0.39 is 0 Å². The number of benzene rings is 2. The molecule has 0 aliphatic carbocycles. The van der Waals surface area contributed by atoms with Crippen LogP contribution in [0.5, 0.6) is 0 Å². The normalized spacial score (nSPS) is 13.7. The Hall–Kier alpha value is -2.77. The summed E-state index contributed by atoms with van der Waals surface area (Å²) < 4.78 is 1.00. The van der Waals surface area contributed by atoms with Crippen LogP contribution in [0.4, 0.5) is 10.8 Å². The summed E-state index contributed by atoms with van der Waals surface area (Å²) in [7, 11) is 0. The largest absolute Gasteiger partial charge is 0.298 e. The van der Waals surface area contributed by atoms with Crippen LogP contribution in [-0.2, 0) is 9.59 Å². The zero-order valence-electron chi connectivity index (χ0n) is 14.4. The summed E-state index contributed by atoms with van der Waals surface area (Å²) in [6, 6.07) is 12.4. The average Bonchev–Trinajstić information content (AvgIpc) is 3.16. The molecular formula is C19H16ClN3O3S. The van der Waals surface area contributed by atoms with Crippen molar-refractivity contribution in [3.05, 3.63) is 53.6 Å². The number of imide groups is 1. The topological polar surface area (TPSA) is 79.4 Å². The lowest BCUT2D eigenvalue weighted by atomic mass is 10.2. The van der Waals surface area contributed by atoms with Crippen LogP contribution in [0.25, 0.3) is 10.2 Å². The van der Waals surface area contributed by atoms with Crippen LogP contribution in [0.3, 0.4) is 0 Å². The molecule has 1 N–H and O–H groups in total. The molecule has 4 rings (SSSR count). The highest BCUT2D eigenvalue weighted by Crippen LogP contribution is 2.28. The standard InChI is InChI=1S/C19H15N3O3S.ClH/c1-11-5-6-14-15(9-11)26-19(20-14)21-18(25)12-3-2-4-13(10-12)22-16(23)7-8-17(22)24;/h2-6,9-10H,7-8H2,1H3,(H,20,21,25);1H. The number of rotatable bonds is 3. The third kappa shape index (κ3) is 3.70. The molecule has 3 amide bonds. The van der Waals surface area contributed by atoms with Gasteiger partial charge in [-0.05, 0) is 42.8 Å². The Morgan fingerprint density at radius 2 is 1.85 bits per heavy atom. The van der Waals surface area contributed by atoms with E-state index in [1.54, 1.807) is 24.3 Å². The molecule has 27 heavy (non-hydrogen) atoms. The van der Waals surface area contributed by atoms with Gasteiger partial charge in [0.1, 0.15) is 0 Å². The van der Waals surface area contributed by atoms with Gasteiger partial charge >= 0.3 is 0 Å². The van der Waals surface area contributed by atoms with E-state index in [2.05, 4.69) is 10.3 Å². The maximum Gasteiger partial charge on any atom is 0.257 e. The number of carbonyl (C=O) groups is 3. The fraction of sp³-hybridized carbons (Fsp3) is 0.158. The average molecular weight is 402 g/mol. The van der Waals surface area contributed by atoms with E-state index in [0.717, 1.165) is 20.7 Å². The monoisotopic (exact) mass is 401 g/mol. The number of thiazole rings is 1. The first-order chi connectivity index (χ1) is 12.5. The Morgan fingerprint density at radius 1 is 1.11 bits per heavy atom. The molecule has 8 heteroatoms. The summed E-state index contributed by atoms with van der Waals surface area (Å²) in [6.45, 7) is 2.00. The fourth-order valence-corrected chi connectivity index (χ4v) is 3.86. The van der Waals surface area contributed by atoms with Gasteiger partial charge in [-0.25, -0.2) is 4.98 Å². The van der Waals surface area contributed by atoms with Crippen molar-refractivity contribution in [2.75, 3.05) is 10.2 Å². The Bertz CT molecular complexity index is 1050. The molecule has 138 valence electrons. The number of amides is 3. The molecule has 0 bridgehead atoms. The number of aromatic nitrogens is 1. The number of nitrogens with one attached hydrogen (secondary N) is 1. The van der Waals surface area contributed by atoms with Gasteiger partial charge in [-0.1, -0.05) is 23.5 Å². The maximum atomic E-state index is 12.6. The number of carbonyl (C=O) groups excluding carboxylic acids is 3. The molecule has 1 fully saturated rings. The first kappa shape index (κ1) is 19.0. The Kier molecular flexibility index (Phi) is 5.25. The fourth-order valence-electron chi connectivity index (χ4n) is 2.91. The highest BCUT2D eigenvalue weighted by atomic mass is 35.5. The van der Waals surface area contributed by atoms with Crippen molar-refractivity contribution in [1.29, 1.82) is 0 Å². The minimum atomic E-state index is -0.332. The van der Waals surface area contributed by atoms with Crippen LogP contribution < -0.4 is 10.2 Å². The van der Waals surface area contributed by atoms with E-state index in [4.69, 9.17) is 0 Å². The number of hydrogen-bond donors (Lipinski definition) is 1. The minimum absolute atomic E-state index is 0. The molecule has 1 saturated heterocycles. The number of aryl methyl sites for hydroxylation is 1. The number of hydrogen-bond acceptors (Lipinski definition) is 5. The van der Waals surface area contributed by atoms with Crippen LogP contribution in [0, 0.1) is 6.92 Å². The van der Waals surface area contributed by atoms with Gasteiger partial charge < -0.3 is 0 Å². The number of nitrogens with zero attached hydrogens (tertiary/aromatic N) is 2. The van der Waals surface area contributed by atoms with E-state index in [9.17, 15) is 14.4 Å². The molecule has 3 aromatic rings. The molecule has 1 aromatic heterocycles. The van der Waals surface area contributed by atoms with Gasteiger partial charge in [-0.3, -0.25) is 24.6 Å². The molecule has 1 aliphatic rings. The quantitative estimate of drug-likeness (QED) is 0.674. The van der Waals surface area contributed by atoms with Gasteiger partial charge in [-0.15, -0.1) is 12.4 Å². The summed E-state index contributed by atoms with van der Waals surface area (Å²) in [5.41, 5.74) is 2.75. The lowest BCUT2D eigenvalue weighted by molar-refractivity contribution is -0.121. The van der Waals surface area contributed by atoms with Crippen molar-refractivity contribution in [3.63, 3.8) is 0 Å². The minimum Gasteiger partial charge on any atom is -0.298 e. The Balaban J connectivity index is 0.00000210. The Labute approximate surface area is 165 Å². The molecule has 0 spiro atoms. The van der Waals surface area contributed by atoms with Crippen molar-refractivity contribution in [3.8, 4) is 0 Å². The SMILES string of the molecule is Cc1ccc2nc(NC(=O)c3cccc(N4C(=O)CCC4=O)c3)sc2c1.Cl.